The zero-order valence-corrected chi connectivity index (χ0v) is 13.5. The second-order valence-electron chi connectivity index (χ2n) is 5.00. The smallest absolute Gasteiger partial charge is 0.126 e. The maximum Gasteiger partial charge on any atom is 0.126 e. The summed E-state index contributed by atoms with van der Waals surface area (Å²) in [6.45, 7) is 2.90. The van der Waals surface area contributed by atoms with Gasteiger partial charge in [0.2, 0.25) is 0 Å². The summed E-state index contributed by atoms with van der Waals surface area (Å²) < 4.78 is 28.1. The monoisotopic (exact) mass is 353 g/mol. The van der Waals surface area contributed by atoms with Crippen molar-refractivity contribution in [3.05, 3.63) is 69.7 Å². The van der Waals surface area contributed by atoms with Crippen LogP contribution in [0.1, 0.15) is 30.5 Å². The van der Waals surface area contributed by atoms with Crippen molar-refractivity contribution >= 4 is 15.9 Å². The number of halogens is 3. The number of hydrogen-bond acceptors (Lipinski definition) is 1. The molecule has 0 spiro atoms. The van der Waals surface area contributed by atoms with E-state index in [-0.39, 0.29) is 11.9 Å². The van der Waals surface area contributed by atoms with Crippen molar-refractivity contribution in [1.29, 1.82) is 0 Å². The van der Waals surface area contributed by atoms with Crippen LogP contribution in [0.5, 0.6) is 0 Å². The molecule has 2 rings (SSSR count). The maximum atomic E-state index is 13.8. The quantitative estimate of drug-likeness (QED) is 0.769. The highest BCUT2D eigenvalue weighted by molar-refractivity contribution is 9.10. The molecular formula is C17H18BrF2N. The first-order valence-corrected chi connectivity index (χ1v) is 7.82. The molecule has 0 fully saturated rings. The van der Waals surface area contributed by atoms with E-state index in [1.807, 2.05) is 24.3 Å². The molecule has 1 unspecified atom stereocenters. The Morgan fingerprint density at radius 2 is 1.95 bits per heavy atom. The van der Waals surface area contributed by atoms with Gasteiger partial charge in [-0.15, -0.1) is 0 Å². The predicted molar refractivity (Wildman–Crippen MR) is 85.2 cm³/mol. The number of benzene rings is 2. The first-order chi connectivity index (χ1) is 10.1. The van der Waals surface area contributed by atoms with Crippen LogP contribution in [-0.4, -0.2) is 6.54 Å². The van der Waals surface area contributed by atoms with Gasteiger partial charge in [-0.2, -0.15) is 0 Å². The van der Waals surface area contributed by atoms with Crippen LogP contribution in [0.4, 0.5) is 8.78 Å². The minimum Gasteiger partial charge on any atom is -0.310 e. The van der Waals surface area contributed by atoms with E-state index in [1.165, 1.54) is 12.1 Å². The molecule has 0 heterocycles. The molecule has 4 heteroatoms. The van der Waals surface area contributed by atoms with Gasteiger partial charge in [0.15, 0.2) is 0 Å². The maximum absolute atomic E-state index is 13.8. The third kappa shape index (κ3) is 4.61. The Bertz CT molecular complexity index is 601. The number of hydrogen-bond donors (Lipinski definition) is 1. The second-order valence-corrected chi connectivity index (χ2v) is 5.92. The highest BCUT2D eigenvalue weighted by Gasteiger charge is 2.15. The molecule has 2 aromatic carbocycles. The van der Waals surface area contributed by atoms with Crippen LogP contribution in [-0.2, 0) is 6.42 Å². The highest BCUT2D eigenvalue weighted by Crippen LogP contribution is 2.23. The number of nitrogens with one attached hydrogen (secondary N) is 1. The van der Waals surface area contributed by atoms with Crippen LogP contribution in [0, 0.1) is 11.6 Å². The molecule has 0 saturated heterocycles. The lowest BCUT2D eigenvalue weighted by atomic mass is 9.98. The predicted octanol–water partition coefficient (Wildman–Crippen LogP) is 5.01. The lowest BCUT2D eigenvalue weighted by molar-refractivity contribution is 0.508. The van der Waals surface area contributed by atoms with Gasteiger partial charge in [-0.05, 0) is 60.8 Å². The lowest BCUT2D eigenvalue weighted by Crippen LogP contribution is -2.24. The van der Waals surface area contributed by atoms with Crippen LogP contribution in [0.3, 0.4) is 0 Å². The van der Waals surface area contributed by atoms with Gasteiger partial charge in [-0.1, -0.05) is 35.0 Å². The van der Waals surface area contributed by atoms with Crippen LogP contribution >= 0.6 is 15.9 Å². The van der Waals surface area contributed by atoms with Crippen molar-refractivity contribution in [2.75, 3.05) is 6.54 Å². The molecule has 0 saturated carbocycles. The van der Waals surface area contributed by atoms with Crippen molar-refractivity contribution in [1.82, 2.24) is 5.32 Å². The zero-order chi connectivity index (χ0) is 15.2. The molecule has 1 N–H and O–H groups in total. The van der Waals surface area contributed by atoms with Crippen LogP contribution < -0.4 is 5.32 Å². The fourth-order valence-electron chi connectivity index (χ4n) is 2.27. The summed E-state index contributed by atoms with van der Waals surface area (Å²) in [5.41, 5.74) is 1.45. The molecule has 0 aliphatic heterocycles. The SMILES string of the molecule is CCCNC(Cc1cc(F)ccc1F)c1cccc(Br)c1. The van der Waals surface area contributed by atoms with E-state index in [1.54, 1.807) is 0 Å². The van der Waals surface area contributed by atoms with Crippen molar-refractivity contribution in [2.45, 2.75) is 25.8 Å². The summed E-state index contributed by atoms with van der Waals surface area (Å²) in [5.74, 6) is -0.774. The first kappa shape index (κ1) is 16.1. The molecule has 0 aliphatic carbocycles. The molecule has 2 aromatic rings. The molecular weight excluding hydrogens is 336 g/mol. The van der Waals surface area contributed by atoms with Gasteiger partial charge in [0.25, 0.3) is 0 Å². The molecule has 0 aromatic heterocycles. The number of rotatable bonds is 6. The molecule has 1 nitrogen and oxygen atoms in total. The van der Waals surface area contributed by atoms with Crippen molar-refractivity contribution < 1.29 is 8.78 Å². The Morgan fingerprint density at radius 3 is 2.67 bits per heavy atom. The Balaban J connectivity index is 2.25. The molecule has 0 bridgehead atoms. The van der Waals surface area contributed by atoms with Gasteiger partial charge >= 0.3 is 0 Å². The third-order valence-corrected chi connectivity index (χ3v) is 3.82. The van der Waals surface area contributed by atoms with Crippen molar-refractivity contribution in [3.8, 4) is 0 Å². The van der Waals surface area contributed by atoms with Gasteiger partial charge in [0.1, 0.15) is 11.6 Å². The Morgan fingerprint density at radius 1 is 1.14 bits per heavy atom. The zero-order valence-electron chi connectivity index (χ0n) is 11.9. The van der Waals surface area contributed by atoms with Crippen LogP contribution in [0.2, 0.25) is 0 Å². The van der Waals surface area contributed by atoms with Gasteiger partial charge in [-0.3, -0.25) is 0 Å². The van der Waals surface area contributed by atoms with Gasteiger partial charge < -0.3 is 5.32 Å². The summed E-state index contributed by atoms with van der Waals surface area (Å²) in [4.78, 5) is 0. The van der Waals surface area contributed by atoms with E-state index in [9.17, 15) is 8.78 Å². The summed E-state index contributed by atoms with van der Waals surface area (Å²) in [6.07, 6.45) is 1.40. The van der Waals surface area contributed by atoms with Gasteiger partial charge in [0.05, 0.1) is 0 Å². The Hall–Kier alpha value is -1.26. The van der Waals surface area contributed by atoms with Crippen molar-refractivity contribution in [2.24, 2.45) is 0 Å². The van der Waals surface area contributed by atoms with E-state index >= 15 is 0 Å². The Kier molecular flexibility index (Phi) is 5.88. The topological polar surface area (TPSA) is 12.0 Å². The third-order valence-electron chi connectivity index (χ3n) is 3.32. The first-order valence-electron chi connectivity index (χ1n) is 7.03. The minimum atomic E-state index is -0.408. The van der Waals surface area contributed by atoms with Gasteiger partial charge in [-0.25, -0.2) is 8.78 Å². The molecule has 0 radical (unpaired) electrons. The van der Waals surface area contributed by atoms with Gasteiger partial charge in [0, 0.05) is 10.5 Å². The largest absolute Gasteiger partial charge is 0.310 e. The average molecular weight is 354 g/mol. The Labute approximate surface area is 132 Å². The highest BCUT2D eigenvalue weighted by atomic mass is 79.9. The average Bonchev–Trinajstić information content (AvgIpc) is 2.47. The van der Waals surface area contributed by atoms with E-state index in [0.29, 0.717) is 12.0 Å². The van der Waals surface area contributed by atoms with Crippen LogP contribution in [0.25, 0.3) is 0 Å². The molecule has 0 amide bonds. The molecule has 21 heavy (non-hydrogen) atoms. The summed E-state index contributed by atoms with van der Waals surface area (Å²) >= 11 is 3.45. The molecule has 1 atom stereocenters. The van der Waals surface area contributed by atoms with E-state index in [2.05, 4.69) is 28.2 Å². The molecule has 0 aliphatic rings. The second kappa shape index (κ2) is 7.66. The van der Waals surface area contributed by atoms with E-state index < -0.39 is 5.82 Å². The fraction of sp³-hybridized carbons (Fsp3) is 0.294. The fourth-order valence-corrected chi connectivity index (χ4v) is 2.69. The van der Waals surface area contributed by atoms with Crippen molar-refractivity contribution in [3.63, 3.8) is 0 Å². The van der Waals surface area contributed by atoms with E-state index in [4.69, 9.17) is 0 Å². The standard InChI is InChI=1S/C17H18BrF2N/c1-2-8-21-17(12-4-3-5-14(18)9-12)11-13-10-15(19)6-7-16(13)20/h3-7,9-10,17,21H,2,8,11H2,1H3. The van der Waals surface area contributed by atoms with Crippen LogP contribution in [0.15, 0.2) is 46.9 Å². The normalized spacial score (nSPS) is 12.4. The summed E-state index contributed by atoms with van der Waals surface area (Å²) in [6, 6.07) is 11.5. The lowest BCUT2D eigenvalue weighted by Gasteiger charge is -2.20. The summed E-state index contributed by atoms with van der Waals surface area (Å²) in [7, 11) is 0. The van der Waals surface area contributed by atoms with E-state index in [0.717, 1.165) is 29.1 Å². The minimum absolute atomic E-state index is 0.0428. The summed E-state index contributed by atoms with van der Waals surface area (Å²) in [5, 5.41) is 3.40. The molecule has 112 valence electrons.